The predicted octanol–water partition coefficient (Wildman–Crippen LogP) is 2.78. The summed E-state index contributed by atoms with van der Waals surface area (Å²) >= 11 is 8.86. The quantitative estimate of drug-likeness (QED) is 0.918. The summed E-state index contributed by atoms with van der Waals surface area (Å²) in [5, 5.41) is 5.64. The van der Waals surface area contributed by atoms with E-state index in [4.69, 9.17) is 11.6 Å². The standard InChI is InChI=1S/C8H7ClN4S2/c1-10-7-11-6(9)12-8(13-7)15-5-3-2-4-14-5/h2-4H,1H3,(H,10,11,12,13). The molecule has 0 fully saturated rings. The van der Waals surface area contributed by atoms with Crippen LogP contribution in [-0.4, -0.2) is 22.0 Å². The molecule has 0 aliphatic carbocycles. The van der Waals surface area contributed by atoms with E-state index in [0.29, 0.717) is 11.1 Å². The van der Waals surface area contributed by atoms with Crippen LogP contribution in [0.1, 0.15) is 0 Å². The van der Waals surface area contributed by atoms with Gasteiger partial charge in [-0.2, -0.15) is 15.0 Å². The molecule has 0 amide bonds. The molecule has 2 rings (SSSR count). The Balaban J connectivity index is 2.24. The predicted molar refractivity (Wildman–Crippen MR) is 62.8 cm³/mol. The topological polar surface area (TPSA) is 50.7 Å². The van der Waals surface area contributed by atoms with Crippen molar-refractivity contribution in [3.63, 3.8) is 0 Å². The Labute approximate surface area is 100 Å². The van der Waals surface area contributed by atoms with Gasteiger partial charge in [0.05, 0.1) is 4.21 Å². The van der Waals surface area contributed by atoms with Gasteiger partial charge in [-0.15, -0.1) is 11.3 Å². The fourth-order valence-electron chi connectivity index (χ4n) is 0.901. The molecule has 1 N–H and O–H groups in total. The molecule has 0 unspecified atom stereocenters. The Morgan fingerprint density at radius 1 is 1.40 bits per heavy atom. The van der Waals surface area contributed by atoms with Crippen molar-refractivity contribution < 1.29 is 0 Å². The summed E-state index contributed by atoms with van der Waals surface area (Å²) in [5.41, 5.74) is 0. The van der Waals surface area contributed by atoms with Gasteiger partial charge in [-0.05, 0) is 34.8 Å². The lowest BCUT2D eigenvalue weighted by Gasteiger charge is -2.01. The second-order valence-corrected chi connectivity index (χ2v) is 5.05. The summed E-state index contributed by atoms with van der Waals surface area (Å²) in [6, 6.07) is 3.99. The van der Waals surface area contributed by atoms with Gasteiger partial charge in [0.1, 0.15) is 0 Å². The number of hydrogen-bond acceptors (Lipinski definition) is 6. The summed E-state index contributed by atoms with van der Waals surface area (Å²) in [6.45, 7) is 0. The highest BCUT2D eigenvalue weighted by atomic mass is 35.5. The van der Waals surface area contributed by atoms with Crippen molar-refractivity contribution in [2.24, 2.45) is 0 Å². The van der Waals surface area contributed by atoms with E-state index >= 15 is 0 Å². The van der Waals surface area contributed by atoms with Crippen LogP contribution in [0.2, 0.25) is 5.28 Å². The second-order valence-electron chi connectivity index (χ2n) is 2.49. The second kappa shape index (κ2) is 4.78. The number of rotatable bonds is 3. The Hall–Kier alpha value is -0.850. The SMILES string of the molecule is CNc1nc(Cl)nc(Sc2cccs2)n1. The number of nitrogens with one attached hydrogen (secondary N) is 1. The van der Waals surface area contributed by atoms with Crippen molar-refractivity contribution in [2.45, 2.75) is 9.37 Å². The maximum absolute atomic E-state index is 5.76. The number of thiophene rings is 1. The van der Waals surface area contributed by atoms with Crippen LogP contribution in [0.25, 0.3) is 0 Å². The number of nitrogens with zero attached hydrogens (tertiary/aromatic N) is 3. The van der Waals surface area contributed by atoms with E-state index in [1.807, 2.05) is 17.5 Å². The van der Waals surface area contributed by atoms with Gasteiger partial charge in [-0.1, -0.05) is 6.07 Å². The third-order valence-electron chi connectivity index (χ3n) is 1.50. The summed E-state index contributed by atoms with van der Waals surface area (Å²) in [6.07, 6.45) is 0. The summed E-state index contributed by atoms with van der Waals surface area (Å²) < 4.78 is 1.12. The van der Waals surface area contributed by atoms with Crippen LogP contribution in [0, 0.1) is 0 Å². The van der Waals surface area contributed by atoms with Crippen molar-refractivity contribution in [1.29, 1.82) is 0 Å². The molecule has 2 aromatic heterocycles. The van der Waals surface area contributed by atoms with E-state index in [9.17, 15) is 0 Å². The summed E-state index contributed by atoms with van der Waals surface area (Å²) in [4.78, 5) is 12.1. The third kappa shape index (κ3) is 2.80. The minimum absolute atomic E-state index is 0.202. The molecule has 2 aromatic rings. The Morgan fingerprint density at radius 3 is 2.93 bits per heavy atom. The molecular weight excluding hydrogens is 252 g/mol. The van der Waals surface area contributed by atoms with Crippen molar-refractivity contribution >= 4 is 40.6 Å². The number of aromatic nitrogens is 3. The van der Waals surface area contributed by atoms with Crippen LogP contribution in [0.5, 0.6) is 0 Å². The monoisotopic (exact) mass is 258 g/mol. The molecule has 4 nitrogen and oxygen atoms in total. The fourth-order valence-corrected chi connectivity index (χ4v) is 2.73. The summed E-state index contributed by atoms with van der Waals surface area (Å²) in [7, 11) is 1.74. The zero-order valence-corrected chi connectivity index (χ0v) is 10.2. The highest BCUT2D eigenvalue weighted by Crippen LogP contribution is 2.29. The molecule has 0 saturated carbocycles. The van der Waals surface area contributed by atoms with E-state index < -0.39 is 0 Å². The largest absolute Gasteiger partial charge is 0.357 e. The van der Waals surface area contributed by atoms with Gasteiger partial charge < -0.3 is 5.32 Å². The van der Waals surface area contributed by atoms with E-state index in [-0.39, 0.29) is 5.28 Å². The minimum atomic E-state index is 0.202. The average Bonchev–Trinajstić information content (AvgIpc) is 2.69. The average molecular weight is 259 g/mol. The van der Waals surface area contributed by atoms with Crippen molar-refractivity contribution in [3.05, 3.63) is 22.8 Å². The first-order valence-electron chi connectivity index (χ1n) is 4.08. The van der Waals surface area contributed by atoms with E-state index in [1.165, 1.54) is 11.8 Å². The molecule has 0 aromatic carbocycles. The van der Waals surface area contributed by atoms with Gasteiger partial charge in [0.15, 0.2) is 5.16 Å². The van der Waals surface area contributed by atoms with E-state index in [1.54, 1.807) is 18.4 Å². The molecule has 0 saturated heterocycles. The normalized spacial score (nSPS) is 10.3. The van der Waals surface area contributed by atoms with Crippen LogP contribution < -0.4 is 5.32 Å². The maximum atomic E-state index is 5.76. The highest BCUT2D eigenvalue weighted by molar-refractivity contribution is 8.01. The molecule has 2 heterocycles. The molecule has 0 aliphatic rings. The Bertz CT molecular complexity index is 446. The van der Waals surface area contributed by atoms with Crippen molar-refractivity contribution in [2.75, 3.05) is 12.4 Å². The lowest BCUT2D eigenvalue weighted by atomic mass is 10.7. The van der Waals surface area contributed by atoms with E-state index in [0.717, 1.165) is 4.21 Å². The van der Waals surface area contributed by atoms with Crippen LogP contribution in [0.15, 0.2) is 26.9 Å². The fraction of sp³-hybridized carbons (Fsp3) is 0.125. The molecule has 0 radical (unpaired) electrons. The molecule has 0 atom stereocenters. The highest BCUT2D eigenvalue weighted by Gasteiger charge is 2.05. The first-order chi connectivity index (χ1) is 7.28. The third-order valence-corrected chi connectivity index (χ3v) is 3.57. The van der Waals surface area contributed by atoms with Crippen LogP contribution >= 0.6 is 34.7 Å². The molecule has 0 aliphatic heterocycles. The lowest BCUT2D eigenvalue weighted by molar-refractivity contribution is 0.909. The molecular formula is C8H7ClN4S2. The van der Waals surface area contributed by atoms with E-state index in [2.05, 4.69) is 20.3 Å². The van der Waals surface area contributed by atoms with Gasteiger partial charge in [-0.25, -0.2) is 0 Å². The maximum Gasteiger partial charge on any atom is 0.228 e. The van der Waals surface area contributed by atoms with Gasteiger partial charge in [-0.3, -0.25) is 0 Å². The zero-order valence-electron chi connectivity index (χ0n) is 7.77. The first kappa shape index (κ1) is 10.7. The van der Waals surface area contributed by atoms with Gasteiger partial charge in [0.25, 0.3) is 0 Å². The molecule has 15 heavy (non-hydrogen) atoms. The summed E-state index contributed by atoms with van der Waals surface area (Å²) in [5.74, 6) is 0.481. The molecule has 0 spiro atoms. The Kier molecular flexibility index (Phi) is 3.40. The smallest absolute Gasteiger partial charge is 0.228 e. The van der Waals surface area contributed by atoms with Crippen LogP contribution in [0.4, 0.5) is 5.95 Å². The van der Waals surface area contributed by atoms with Gasteiger partial charge in [0, 0.05) is 7.05 Å². The molecule has 7 heteroatoms. The van der Waals surface area contributed by atoms with Gasteiger partial charge >= 0.3 is 0 Å². The molecule has 0 bridgehead atoms. The zero-order chi connectivity index (χ0) is 10.7. The number of hydrogen-bond donors (Lipinski definition) is 1. The van der Waals surface area contributed by atoms with Crippen molar-refractivity contribution in [1.82, 2.24) is 15.0 Å². The van der Waals surface area contributed by atoms with Crippen LogP contribution in [0.3, 0.4) is 0 Å². The lowest BCUT2D eigenvalue weighted by Crippen LogP contribution is -1.99. The minimum Gasteiger partial charge on any atom is -0.357 e. The van der Waals surface area contributed by atoms with Crippen LogP contribution in [-0.2, 0) is 0 Å². The first-order valence-corrected chi connectivity index (χ1v) is 6.16. The molecule has 78 valence electrons. The Morgan fingerprint density at radius 2 is 2.27 bits per heavy atom. The number of halogens is 1. The number of anilines is 1. The van der Waals surface area contributed by atoms with Crippen molar-refractivity contribution in [3.8, 4) is 0 Å². The van der Waals surface area contributed by atoms with Gasteiger partial charge in [0.2, 0.25) is 11.2 Å².